The lowest BCUT2D eigenvalue weighted by Crippen LogP contribution is -2.51. The van der Waals surface area contributed by atoms with Crippen molar-refractivity contribution in [2.75, 3.05) is 40.3 Å². The molecule has 2 fully saturated rings. The van der Waals surface area contributed by atoms with E-state index in [1.165, 1.54) is 18.4 Å². The first-order valence-electron chi connectivity index (χ1n) is 8.29. The molecular weight excluding hydrogens is 318 g/mol. The third-order valence-corrected chi connectivity index (χ3v) is 6.90. The number of likely N-dealkylation sites (tertiary alicyclic amines) is 2. The maximum absolute atomic E-state index is 12.5. The number of nitrogens with zero attached hydrogens (tertiary/aromatic N) is 3. The first-order valence-corrected chi connectivity index (χ1v) is 9.79. The maximum atomic E-state index is 12.5. The van der Waals surface area contributed by atoms with Gasteiger partial charge in [0.05, 0.1) is 11.8 Å². The Morgan fingerprint density at radius 3 is 2.61 bits per heavy atom. The Labute approximate surface area is 138 Å². The molecule has 23 heavy (non-hydrogen) atoms. The molecule has 2 aliphatic rings. The van der Waals surface area contributed by atoms with Crippen LogP contribution in [0.4, 0.5) is 0 Å². The second kappa shape index (κ2) is 7.61. The highest BCUT2D eigenvalue weighted by atomic mass is 32.2. The summed E-state index contributed by atoms with van der Waals surface area (Å²) in [6.07, 6.45) is 4.59. The number of carbonyl (C=O) groups excluding carboxylic acids is 2. The van der Waals surface area contributed by atoms with Crippen LogP contribution >= 0.6 is 0 Å². The van der Waals surface area contributed by atoms with Crippen LogP contribution in [0.3, 0.4) is 0 Å². The van der Waals surface area contributed by atoms with Crippen molar-refractivity contribution in [1.29, 1.82) is 0 Å². The number of piperidine rings is 1. The maximum Gasteiger partial charge on any atom is 0.242 e. The van der Waals surface area contributed by atoms with Gasteiger partial charge in [0.2, 0.25) is 21.8 Å². The van der Waals surface area contributed by atoms with Crippen LogP contribution in [0.15, 0.2) is 0 Å². The topological polar surface area (TPSA) is 78.0 Å². The molecule has 2 saturated heterocycles. The van der Waals surface area contributed by atoms with E-state index in [4.69, 9.17) is 0 Å². The predicted molar refractivity (Wildman–Crippen MR) is 87.3 cm³/mol. The molecule has 2 aliphatic heterocycles. The Balaban J connectivity index is 1.98. The minimum absolute atomic E-state index is 0.0327. The van der Waals surface area contributed by atoms with Gasteiger partial charge in [-0.1, -0.05) is 6.42 Å². The Kier molecular flexibility index (Phi) is 6.02. The van der Waals surface area contributed by atoms with Crippen molar-refractivity contribution in [2.24, 2.45) is 0 Å². The van der Waals surface area contributed by atoms with Crippen molar-refractivity contribution in [3.05, 3.63) is 0 Å². The van der Waals surface area contributed by atoms with Crippen molar-refractivity contribution >= 4 is 21.8 Å². The third kappa shape index (κ3) is 4.44. The highest BCUT2D eigenvalue weighted by molar-refractivity contribution is 7.89. The van der Waals surface area contributed by atoms with Gasteiger partial charge < -0.3 is 9.80 Å². The van der Waals surface area contributed by atoms with Crippen molar-refractivity contribution in [1.82, 2.24) is 14.1 Å². The molecule has 0 spiro atoms. The number of amides is 2. The summed E-state index contributed by atoms with van der Waals surface area (Å²) in [5, 5.41) is -0.546. The van der Waals surface area contributed by atoms with Crippen molar-refractivity contribution in [2.45, 2.75) is 43.8 Å². The molecule has 0 radical (unpaired) electrons. The molecule has 0 N–H and O–H groups in total. The zero-order valence-electron chi connectivity index (χ0n) is 14.0. The molecule has 1 atom stereocenters. The predicted octanol–water partition coefficient (Wildman–Crippen LogP) is 0.271. The smallest absolute Gasteiger partial charge is 0.242 e. The van der Waals surface area contributed by atoms with Gasteiger partial charge in [0.25, 0.3) is 0 Å². The minimum Gasteiger partial charge on any atom is -0.340 e. The molecule has 2 amide bonds. The summed E-state index contributed by atoms with van der Waals surface area (Å²) in [5.74, 6) is -0.107. The Hall–Kier alpha value is -1.15. The van der Waals surface area contributed by atoms with Gasteiger partial charge in [0, 0.05) is 40.2 Å². The molecule has 0 saturated carbocycles. The number of hydrogen-bond donors (Lipinski definition) is 0. The molecule has 0 aromatic rings. The van der Waals surface area contributed by atoms with Gasteiger partial charge in [-0.3, -0.25) is 9.59 Å². The van der Waals surface area contributed by atoms with Crippen LogP contribution in [0.25, 0.3) is 0 Å². The summed E-state index contributed by atoms with van der Waals surface area (Å²) in [6.45, 7) is 1.49. The van der Waals surface area contributed by atoms with Gasteiger partial charge >= 0.3 is 0 Å². The van der Waals surface area contributed by atoms with Crippen LogP contribution in [-0.2, 0) is 19.6 Å². The molecule has 1 unspecified atom stereocenters. The fraction of sp³-hybridized carbons (Fsp3) is 0.867. The summed E-state index contributed by atoms with van der Waals surface area (Å²) >= 11 is 0. The summed E-state index contributed by atoms with van der Waals surface area (Å²) < 4.78 is 25.8. The van der Waals surface area contributed by atoms with E-state index in [2.05, 4.69) is 0 Å². The molecule has 0 bridgehead atoms. The normalized spacial score (nSPS) is 24.0. The van der Waals surface area contributed by atoms with E-state index in [1.54, 1.807) is 9.80 Å². The van der Waals surface area contributed by atoms with E-state index >= 15 is 0 Å². The lowest BCUT2D eigenvalue weighted by molar-refractivity contribution is -0.140. The molecule has 0 aliphatic carbocycles. The summed E-state index contributed by atoms with van der Waals surface area (Å²) in [7, 11) is -0.317. The second-order valence-electron chi connectivity index (χ2n) is 6.56. The van der Waals surface area contributed by atoms with Crippen LogP contribution in [0, 0.1) is 0 Å². The Bertz CT molecular complexity index is 547. The van der Waals surface area contributed by atoms with Gasteiger partial charge in [-0.05, 0) is 25.7 Å². The van der Waals surface area contributed by atoms with Crippen LogP contribution in [-0.4, -0.2) is 79.9 Å². The summed E-state index contributed by atoms with van der Waals surface area (Å²) in [6, 6.07) is 0. The number of carbonyl (C=O) groups is 2. The second-order valence-corrected chi connectivity index (χ2v) is 8.98. The van der Waals surface area contributed by atoms with Crippen LogP contribution < -0.4 is 0 Å². The van der Waals surface area contributed by atoms with E-state index in [9.17, 15) is 18.0 Å². The van der Waals surface area contributed by atoms with E-state index in [-0.39, 0.29) is 24.9 Å². The quantitative estimate of drug-likeness (QED) is 0.733. The average molecular weight is 345 g/mol. The molecular formula is C15H27N3O4S. The molecule has 0 aromatic heterocycles. The van der Waals surface area contributed by atoms with Crippen molar-refractivity contribution in [3.63, 3.8) is 0 Å². The van der Waals surface area contributed by atoms with E-state index in [0.717, 1.165) is 19.3 Å². The highest BCUT2D eigenvalue weighted by Gasteiger charge is 2.34. The first-order chi connectivity index (χ1) is 10.8. The zero-order chi connectivity index (χ0) is 17.0. The van der Waals surface area contributed by atoms with Crippen molar-refractivity contribution in [3.8, 4) is 0 Å². The zero-order valence-corrected chi connectivity index (χ0v) is 14.8. The highest BCUT2D eigenvalue weighted by Crippen LogP contribution is 2.20. The van der Waals surface area contributed by atoms with Crippen LogP contribution in [0.5, 0.6) is 0 Å². The Morgan fingerprint density at radius 2 is 1.91 bits per heavy atom. The lowest BCUT2D eigenvalue weighted by atomic mass is 10.1. The minimum atomic E-state index is -3.36. The fourth-order valence-electron chi connectivity index (χ4n) is 3.17. The standard InChI is InChI=1S/C15H27N3O4S/c1-16(2)23(21,22)13-7-6-10-17(11-13)15(20)12-18-9-5-3-4-8-14(18)19/h13H,3-12H2,1-2H3. The Morgan fingerprint density at radius 1 is 1.17 bits per heavy atom. The fourth-order valence-corrected chi connectivity index (χ4v) is 4.60. The lowest BCUT2D eigenvalue weighted by Gasteiger charge is -2.34. The van der Waals surface area contributed by atoms with Gasteiger partial charge in [-0.2, -0.15) is 0 Å². The number of rotatable bonds is 4. The van der Waals surface area contributed by atoms with E-state index in [0.29, 0.717) is 32.4 Å². The molecule has 7 nitrogen and oxygen atoms in total. The molecule has 132 valence electrons. The first kappa shape index (κ1) is 18.2. The largest absolute Gasteiger partial charge is 0.340 e. The van der Waals surface area contributed by atoms with Gasteiger partial charge in [-0.15, -0.1) is 0 Å². The SMILES string of the molecule is CN(C)S(=O)(=O)C1CCCN(C(=O)CN2CCCCCC2=O)C1. The summed E-state index contributed by atoms with van der Waals surface area (Å²) in [5.41, 5.74) is 0. The van der Waals surface area contributed by atoms with Crippen molar-refractivity contribution < 1.29 is 18.0 Å². The van der Waals surface area contributed by atoms with E-state index in [1.807, 2.05) is 0 Å². The van der Waals surface area contributed by atoms with Gasteiger partial charge in [0.1, 0.15) is 0 Å². The molecule has 0 aromatic carbocycles. The van der Waals surface area contributed by atoms with E-state index < -0.39 is 15.3 Å². The summed E-state index contributed by atoms with van der Waals surface area (Å²) in [4.78, 5) is 27.7. The van der Waals surface area contributed by atoms with Gasteiger partial charge in [0.15, 0.2) is 0 Å². The number of hydrogen-bond acceptors (Lipinski definition) is 4. The number of sulfonamides is 1. The molecule has 8 heteroatoms. The van der Waals surface area contributed by atoms with Crippen LogP contribution in [0.1, 0.15) is 38.5 Å². The average Bonchev–Trinajstić information content (AvgIpc) is 2.72. The molecule has 2 heterocycles. The molecule has 2 rings (SSSR count). The van der Waals surface area contributed by atoms with Gasteiger partial charge in [-0.25, -0.2) is 12.7 Å². The third-order valence-electron chi connectivity index (χ3n) is 4.66. The van der Waals surface area contributed by atoms with Crippen LogP contribution in [0.2, 0.25) is 0 Å². The monoisotopic (exact) mass is 345 g/mol.